The van der Waals surface area contributed by atoms with Crippen LogP contribution in [-0.4, -0.2) is 11.0 Å². The quantitative estimate of drug-likeness (QED) is 0.709. The molecule has 0 bridgehead atoms. The number of nitrogens with one attached hydrogen (secondary N) is 2. The number of hydrogen-bond acceptors (Lipinski definition) is 3. The summed E-state index contributed by atoms with van der Waals surface area (Å²) in [6.45, 7) is 0. The fourth-order valence-corrected chi connectivity index (χ4v) is 2.63. The third kappa shape index (κ3) is 3.72. The van der Waals surface area contributed by atoms with Gasteiger partial charge < -0.3 is 5.32 Å². The van der Waals surface area contributed by atoms with E-state index >= 15 is 0 Å². The SMILES string of the molecule is O=C(Nc1ccc(F)cc1)Nc1nc(-c2ccc(F)c(F)c2)cs1. The molecule has 2 amide bonds. The molecule has 0 radical (unpaired) electrons. The fourth-order valence-electron chi connectivity index (χ4n) is 1.91. The molecule has 0 spiro atoms. The van der Waals surface area contributed by atoms with Gasteiger partial charge in [0.25, 0.3) is 0 Å². The van der Waals surface area contributed by atoms with Crippen LogP contribution < -0.4 is 10.6 Å². The summed E-state index contributed by atoms with van der Waals surface area (Å²) in [5, 5.41) is 6.94. The Balaban J connectivity index is 1.68. The van der Waals surface area contributed by atoms with E-state index in [9.17, 15) is 18.0 Å². The van der Waals surface area contributed by atoms with Crippen molar-refractivity contribution in [3.8, 4) is 11.3 Å². The lowest BCUT2D eigenvalue weighted by atomic mass is 10.2. The Morgan fingerprint density at radius 2 is 1.71 bits per heavy atom. The van der Waals surface area contributed by atoms with Gasteiger partial charge in [0.2, 0.25) is 0 Å². The number of halogens is 3. The summed E-state index contributed by atoms with van der Waals surface area (Å²) in [4.78, 5) is 16.0. The standard InChI is InChI=1S/C16H10F3N3OS/c17-10-2-4-11(5-3-10)20-15(23)22-16-21-14(8-24-16)9-1-6-12(18)13(19)7-9/h1-8H,(H2,20,21,22,23). The molecule has 2 N–H and O–H groups in total. The number of anilines is 2. The zero-order chi connectivity index (χ0) is 17.1. The summed E-state index contributed by atoms with van der Waals surface area (Å²) in [6, 6.07) is 8.18. The van der Waals surface area contributed by atoms with Crippen molar-refractivity contribution in [3.63, 3.8) is 0 Å². The number of thiazole rings is 1. The molecular formula is C16H10F3N3OS. The summed E-state index contributed by atoms with van der Waals surface area (Å²) >= 11 is 1.14. The van der Waals surface area contributed by atoms with E-state index in [-0.39, 0.29) is 5.13 Å². The maximum Gasteiger partial charge on any atom is 0.325 e. The molecule has 0 saturated carbocycles. The van der Waals surface area contributed by atoms with Crippen molar-refractivity contribution in [3.05, 3.63) is 65.3 Å². The minimum absolute atomic E-state index is 0.286. The largest absolute Gasteiger partial charge is 0.325 e. The van der Waals surface area contributed by atoms with Crippen molar-refractivity contribution in [1.29, 1.82) is 0 Å². The monoisotopic (exact) mass is 349 g/mol. The number of urea groups is 1. The molecule has 0 fully saturated rings. The van der Waals surface area contributed by atoms with Crippen LogP contribution in [0.15, 0.2) is 47.8 Å². The third-order valence-corrected chi connectivity index (χ3v) is 3.80. The van der Waals surface area contributed by atoms with Gasteiger partial charge in [-0.3, -0.25) is 5.32 Å². The van der Waals surface area contributed by atoms with Gasteiger partial charge in [-0.1, -0.05) is 0 Å². The average Bonchev–Trinajstić information content (AvgIpc) is 3.00. The number of hydrogen-bond donors (Lipinski definition) is 2. The molecule has 0 atom stereocenters. The predicted molar refractivity (Wildman–Crippen MR) is 86.5 cm³/mol. The minimum atomic E-state index is -0.968. The number of nitrogens with zero attached hydrogens (tertiary/aromatic N) is 1. The van der Waals surface area contributed by atoms with Crippen molar-refractivity contribution in [2.24, 2.45) is 0 Å². The molecule has 0 aliphatic heterocycles. The van der Waals surface area contributed by atoms with Gasteiger partial charge in [0.1, 0.15) is 5.82 Å². The lowest BCUT2D eigenvalue weighted by Crippen LogP contribution is -2.19. The van der Waals surface area contributed by atoms with Crippen LogP contribution in [0, 0.1) is 17.5 Å². The highest BCUT2D eigenvalue weighted by atomic mass is 32.1. The van der Waals surface area contributed by atoms with E-state index in [0.29, 0.717) is 16.9 Å². The smallest absolute Gasteiger partial charge is 0.308 e. The minimum Gasteiger partial charge on any atom is -0.308 e. The molecule has 0 saturated heterocycles. The molecule has 3 aromatic rings. The zero-order valence-electron chi connectivity index (χ0n) is 12.0. The first-order valence-corrected chi connectivity index (χ1v) is 7.64. The molecule has 3 rings (SSSR count). The van der Waals surface area contributed by atoms with Crippen LogP contribution in [0.1, 0.15) is 0 Å². The first kappa shape index (κ1) is 16.0. The number of carbonyl (C=O) groups excluding carboxylic acids is 1. The Kier molecular flexibility index (Phi) is 4.48. The number of carbonyl (C=O) groups is 1. The molecule has 2 aromatic carbocycles. The molecule has 4 nitrogen and oxygen atoms in total. The summed E-state index contributed by atoms with van der Waals surface area (Å²) in [5.74, 6) is -2.31. The Labute approximate surface area is 139 Å². The molecule has 1 aromatic heterocycles. The van der Waals surface area contributed by atoms with Gasteiger partial charge >= 0.3 is 6.03 Å². The lowest BCUT2D eigenvalue weighted by Gasteiger charge is -2.05. The number of aromatic nitrogens is 1. The predicted octanol–water partition coefficient (Wildman–Crippen LogP) is 4.87. The highest BCUT2D eigenvalue weighted by Crippen LogP contribution is 2.26. The topological polar surface area (TPSA) is 54.0 Å². The van der Waals surface area contributed by atoms with Gasteiger partial charge in [0.15, 0.2) is 16.8 Å². The van der Waals surface area contributed by atoms with E-state index in [2.05, 4.69) is 15.6 Å². The maximum absolute atomic E-state index is 13.2. The van der Waals surface area contributed by atoms with Crippen molar-refractivity contribution in [2.45, 2.75) is 0 Å². The van der Waals surface area contributed by atoms with Gasteiger partial charge in [-0.2, -0.15) is 0 Å². The Morgan fingerprint density at radius 1 is 0.958 bits per heavy atom. The van der Waals surface area contributed by atoms with Crippen LogP contribution in [0.3, 0.4) is 0 Å². The third-order valence-electron chi connectivity index (χ3n) is 3.04. The van der Waals surface area contributed by atoms with Crippen LogP contribution in [0.2, 0.25) is 0 Å². The molecular weight excluding hydrogens is 339 g/mol. The Bertz CT molecular complexity index is 881. The van der Waals surface area contributed by atoms with Crippen LogP contribution >= 0.6 is 11.3 Å². The van der Waals surface area contributed by atoms with E-state index in [4.69, 9.17) is 0 Å². The molecule has 1 heterocycles. The molecule has 0 aliphatic rings. The number of benzene rings is 2. The molecule has 8 heteroatoms. The molecule has 0 unspecified atom stereocenters. The number of rotatable bonds is 3. The summed E-state index contributed by atoms with van der Waals surface area (Å²) in [6.07, 6.45) is 0. The average molecular weight is 349 g/mol. The molecule has 24 heavy (non-hydrogen) atoms. The second-order valence-electron chi connectivity index (χ2n) is 4.75. The first-order chi connectivity index (χ1) is 11.5. The first-order valence-electron chi connectivity index (χ1n) is 6.76. The van der Waals surface area contributed by atoms with Crippen LogP contribution in [0.25, 0.3) is 11.3 Å². The second-order valence-corrected chi connectivity index (χ2v) is 5.61. The van der Waals surface area contributed by atoms with Gasteiger partial charge in [-0.15, -0.1) is 11.3 Å². The lowest BCUT2D eigenvalue weighted by molar-refractivity contribution is 0.262. The zero-order valence-corrected chi connectivity index (χ0v) is 12.8. The Hall–Kier alpha value is -2.87. The van der Waals surface area contributed by atoms with Crippen molar-refractivity contribution in [1.82, 2.24) is 4.98 Å². The normalized spacial score (nSPS) is 10.5. The van der Waals surface area contributed by atoms with Crippen molar-refractivity contribution >= 4 is 28.2 Å². The van der Waals surface area contributed by atoms with E-state index in [1.165, 1.54) is 30.3 Å². The van der Waals surface area contributed by atoms with Crippen molar-refractivity contribution < 1.29 is 18.0 Å². The van der Waals surface area contributed by atoms with Gasteiger partial charge in [0, 0.05) is 16.6 Å². The highest BCUT2D eigenvalue weighted by molar-refractivity contribution is 7.14. The fraction of sp³-hybridized carbons (Fsp3) is 0. The maximum atomic E-state index is 13.2. The van der Waals surface area contributed by atoms with Crippen LogP contribution in [0.4, 0.5) is 28.8 Å². The summed E-state index contributed by atoms with van der Waals surface area (Å²) in [5.41, 5.74) is 1.24. The van der Waals surface area contributed by atoms with E-state index in [1.54, 1.807) is 5.38 Å². The second kappa shape index (κ2) is 6.71. The molecule has 122 valence electrons. The van der Waals surface area contributed by atoms with E-state index in [0.717, 1.165) is 23.5 Å². The van der Waals surface area contributed by atoms with E-state index < -0.39 is 23.5 Å². The summed E-state index contributed by atoms with van der Waals surface area (Å²) in [7, 11) is 0. The van der Waals surface area contributed by atoms with Crippen LogP contribution in [-0.2, 0) is 0 Å². The van der Waals surface area contributed by atoms with Crippen molar-refractivity contribution in [2.75, 3.05) is 10.6 Å². The summed E-state index contributed by atoms with van der Waals surface area (Å²) < 4.78 is 39.0. The Morgan fingerprint density at radius 3 is 2.42 bits per heavy atom. The molecule has 0 aliphatic carbocycles. The highest BCUT2D eigenvalue weighted by Gasteiger charge is 2.10. The van der Waals surface area contributed by atoms with E-state index in [1.807, 2.05) is 0 Å². The van der Waals surface area contributed by atoms with Gasteiger partial charge in [0.05, 0.1) is 5.69 Å². The number of amides is 2. The van der Waals surface area contributed by atoms with Crippen LogP contribution in [0.5, 0.6) is 0 Å². The van der Waals surface area contributed by atoms with Gasteiger partial charge in [-0.05, 0) is 42.5 Å². The van der Waals surface area contributed by atoms with Gasteiger partial charge in [-0.25, -0.2) is 22.9 Å².